The van der Waals surface area contributed by atoms with Gasteiger partial charge in [-0.2, -0.15) is 0 Å². The minimum Gasteiger partial charge on any atom is -0.364 e. The smallest absolute Gasteiger partial charge is 0.271 e. The lowest BCUT2D eigenvalue weighted by Gasteiger charge is -2.28. The Kier molecular flexibility index (Phi) is 4.09. The average Bonchev–Trinajstić information content (AvgIpc) is 2.66. The lowest BCUT2D eigenvalue weighted by Crippen LogP contribution is -2.35. The van der Waals surface area contributed by atoms with Crippen LogP contribution in [-0.4, -0.2) is 42.1 Å². The van der Waals surface area contributed by atoms with Crippen LogP contribution < -0.4 is 16.0 Å². The van der Waals surface area contributed by atoms with E-state index in [1.165, 1.54) is 6.20 Å². The molecule has 1 fully saturated rings. The average molecular weight is 249 g/mol. The molecule has 2 rings (SSSR count). The molecule has 3 N–H and O–H groups in total. The second-order valence-electron chi connectivity index (χ2n) is 4.54. The van der Waals surface area contributed by atoms with Gasteiger partial charge >= 0.3 is 0 Å². The molecule has 1 atom stereocenters. The van der Waals surface area contributed by atoms with E-state index in [0.717, 1.165) is 32.4 Å². The molecule has 6 heteroatoms. The predicted molar refractivity (Wildman–Crippen MR) is 69.5 cm³/mol. The Bertz CT molecular complexity index is 415. The molecule has 1 unspecified atom stereocenters. The van der Waals surface area contributed by atoms with Crippen molar-refractivity contribution in [3.8, 4) is 0 Å². The van der Waals surface area contributed by atoms with Gasteiger partial charge in [0.15, 0.2) is 11.5 Å². The topological polar surface area (TPSA) is 84.1 Å². The molecule has 18 heavy (non-hydrogen) atoms. The van der Waals surface area contributed by atoms with Crippen molar-refractivity contribution in [3.63, 3.8) is 0 Å². The zero-order valence-electron chi connectivity index (χ0n) is 10.6. The zero-order valence-corrected chi connectivity index (χ0v) is 10.6. The minimum atomic E-state index is -0.531. The maximum Gasteiger partial charge on any atom is 0.271 e. The minimum absolute atomic E-state index is 0.247. The van der Waals surface area contributed by atoms with Gasteiger partial charge in [-0.25, -0.2) is 9.97 Å². The highest BCUT2D eigenvalue weighted by molar-refractivity contribution is 5.95. The molecule has 0 aliphatic carbocycles. The van der Waals surface area contributed by atoms with Crippen molar-refractivity contribution in [2.45, 2.75) is 25.3 Å². The number of hydrogen-bond acceptors (Lipinski definition) is 5. The van der Waals surface area contributed by atoms with Gasteiger partial charge in [0.25, 0.3) is 5.91 Å². The molecule has 0 saturated carbocycles. The zero-order chi connectivity index (χ0) is 13.0. The molecule has 6 nitrogen and oxygen atoms in total. The van der Waals surface area contributed by atoms with E-state index in [0.29, 0.717) is 11.9 Å². The van der Waals surface area contributed by atoms with Crippen LogP contribution in [0.2, 0.25) is 0 Å². The van der Waals surface area contributed by atoms with Crippen LogP contribution in [0.5, 0.6) is 0 Å². The van der Waals surface area contributed by atoms with Gasteiger partial charge in [0.05, 0.1) is 0 Å². The van der Waals surface area contributed by atoms with E-state index < -0.39 is 5.91 Å². The Morgan fingerprint density at radius 3 is 2.94 bits per heavy atom. The summed E-state index contributed by atoms with van der Waals surface area (Å²) in [6.45, 7) is 2.04. The molecule has 1 aliphatic heterocycles. The first kappa shape index (κ1) is 12.8. The Morgan fingerprint density at radius 2 is 2.17 bits per heavy atom. The monoisotopic (exact) mass is 249 g/mol. The summed E-state index contributed by atoms with van der Waals surface area (Å²) in [5.41, 5.74) is 5.58. The van der Waals surface area contributed by atoms with Crippen LogP contribution in [-0.2, 0) is 0 Å². The number of nitrogens with two attached hydrogens (primary N) is 1. The van der Waals surface area contributed by atoms with Crippen LogP contribution in [0, 0.1) is 0 Å². The second-order valence-corrected chi connectivity index (χ2v) is 4.54. The number of carbonyl (C=O) groups excluding carboxylic acids is 1. The van der Waals surface area contributed by atoms with Crippen molar-refractivity contribution >= 4 is 11.7 Å². The largest absolute Gasteiger partial charge is 0.364 e. The number of rotatable bonds is 3. The van der Waals surface area contributed by atoms with Crippen molar-refractivity contribution in [3.05, 3.63) is 18.1 Å². The summed E-state index contributed by atoms with van der Waals surface area (Å²) in [6.07, 6.45) is 6.32. The van der Waals surface area contributed by atoms with Gasteiger partial charge in [-0.15, -0.1) is 0 Å². The number of nitrogens with one attached hydrogen (secondary N) is 1. The van der Waals surface area contributed by atoms with Crippen molar-refractivity contribution in [2.24, 2.45) is 5.73 Å². The third kappa shape index (κ3) is 2.76. The highest BCUT2D eigenvalue weighted by Gasteiger charge is 2.22. The summed E-state index contributed by atoms with van der Waals surface area (Å²) in [7, 11) is 1.95. The number of carbonyl (C=O) groups is 1. The first-order valence-electron chi connectivity index (χ1n) is 6.24. The van der Waals surface area contributed by atoms with E-state index in [4.69, 9.17) is 5.73 Å². The van der Waals surface area contributed by atoms with Gasteiger partial charge in [-0.3, -0.25) is 4.79 Å². The van der Waals surface area contributed by atoms with Gasteiger partial charge in [0.2, 0.25) is 0 Å². The fourth-order valence-electron chi connectivity index (χ4n) is 2.32. The highest BCUT2D eigenvalue weighted by atomic mass is 16.1. The molecular weight excluding hydrogens is 230 g/mol. The molecule has 0 spiro atoms. The number of anilines is 1. The molecule has 2 heterocycles. The van der Waals surface area contributed by atoms with Crippen LogP contribution in [0.1, 0.15) is 29.8 Å². The third-order valence-corrected chi connectivity index (χ3v) is 3.34. The summed E-state index contributed by atoms with van der Waals surface area (Å²) < 4.78 is 0. The summed E-state index contributed by atoms with van der Waals surface area (Å²) in [5.74, 6) is 0.0496. The lowest BCUT2D eigenvalue weighted by atomic mass is 10.1. The Hall–Kier alpha value is -1.69. The third-order valence-electron chi connectivity index (χ3n) is 3.34. The molecule has 1 aromatic heterocycles. The maximum absolute atomic E-state index is 11.4. The molecule has 1 amide bonds. The summed E-state index contributed by atoms with van der Waals surface area (Å²) in [6, 6.07) is 0.370. The Balaban J connectivity index is 2.21. The van der Waals surface area contributed by atoms with Crippen molar-refractivity contribution in [2.75, 3.05) is 25.0 Å². The molecule has 98 valence electrons. The van der Waals surface area contributed by atoms with Crippen LogP contribution in [0.4, 0.5) is 5.82 Å². The normalized spacial score (nSPS) is 20.2. The highest BCUT2D eigenvalue weighted by Crippen LogP contribution is 2.20. The van der Waals surface area contributed by atoms with Crippen LogP contribution >= 0.6 is 0 Å². The van der Waals surface area contributed by atoms with Crippen LogP contribution in [0.15, 0.2) is 12.4 Å². The summed E-state index contributed by atoms with van der Waals surface area (Å²) in [5, 5.41) is 3.37. The number of nitrogens with zero attached hydrogens (tertiary/aromatic N) is 3. The fourth-order valence-corrected chi connectivity index (χ4v) is 2.32. The number of amides is 1. The van der Waals surface area contributed by atoms with E-state index >= 15 is 0 Å². The fraction of sp³-hybridized carbons (Fsp3) is 0.583. The molecule has 0 bridgehead atoms. The van der Waals surface area contributed by atoms with Gasteiger partial charge in [0, 0.05) is 25.5 Å². The molecular formula is C12H19N5O. The molecule has 1 saturated heterocycles. The van der Waals surface area contributed by atoms with Gasteiger partial charge in [-0.1, -0.05) is 0 Å². The van der Waals surface area contributed by atoms with Crippen LogP contribution in [0.3, 0.4) is 0 Å². The number of hydrogen-bond donors (Lipinski definition) is 2. The lowest BCUT2D eigenvalue weighted by molar-refractivity contribution is 0.0995. The van der Waals surface area contributed by atoms with Crippen molar-refractivity contribution in [1.82, 2.24) is 15.3 Å². The second kappa shape index (κ2) is 5.77. The van der Waals surface area contributed by atoms with Crippen LogP contribution in [0.25, 0.3) is 0 Å². The van der Waals surface area contributed by atoms with E-state index in [2.05, 4.69) is 15.3 Å². The van der Waals surface area contributed by atoms with Gasteiger partial charge in [0.1, 0.15) is 0 Å². The van der Waals surface area contributed by atoms with E-state index in [9.17, 15) is 4.79 Å². The van der Waals surface area contributed by atoms with Crippen molar-refractivity contribution < 1.29 is 4.79 Å². The summed E-state index contributed by atoms with van der Waals surface area (Å²) in [4.78, 5) is 21.7. The molecule has 1 aliphatic rings. The van der Waals surface area contributed by atoms with E-state index in [-0.39, 0.29) is 5.69 Å². The predicted octanol–water partition coefficient (Wildman–Crippen LogP) is 0.154. The van der Waals surface area contributed by atoms with Gasteiger partial charge < -0.3 is 16.0 Å². The SMILES string of the molecule is CN(c1nccnc1C(N)=O)C1CCCNCC1. The first-order chi connectivity index (χ1) is 8.70. The number of aromatic nitrogens is 2. The maximum atomic E-state index is 11.4. The van der Waals surface area contributed by atoms with E-state index in [1.54, 1.807) is 6.20 Å². The quantitative estimate of drug-likeness (QED) is 0.797. The summed E-state index contributed by atoms with van der Waals surface area (Å²) >= 11 is 0. The standard InChI is InChI=1S/C12H19N5O/c1-17(9-3-2-5-14-6-4-9)12-10(11(13)18)15-7-8-16-12/h7-9,14H,2-6H2,1H3,(H2,13,18). The molecule has 0 aromatic carbocycles. The van der Waals surface area contributed by atoms with E-state index in [1.807, 2.05) is 11.9 Å². The first-order valence-corrected chi connectivity index (χ1v) is 6.24. The van der Waals surface area contributed by atoms with Crippen molar-refractivity contribution in [1.29, 1.82) is 0 Å². The van der Waals surface area contributed by atoms with Gasteiger partial charge in [-0.05, 0) is 32.4 Å². The number of primary amides is 1. The Morgan fingerprint density at radius 1 is 1.39 bits per heavy atom. The molecule has 0 radical (unpaired) electrons. The Labute approximate surface area is 107 Å². The molecule has 1 aromatic rings.